The predicted octanol–water partition coefficient (Wildman–Crippen LogP) is 2.05. The highest BCUT2D eigenvalue weighted by Gasteiger charge is 2.64. The molecule has 0 saturated carbocycles. The lowest BCUT2D eigenvalue weighted by Gasteiger charge is -2.57. The Morgan fingerprint density at radius 1 is 1.17 bits per heavy atom. The van der Waals surface area contributed by atoms with Gasteiger partial charge in [-0.25, -0.2) is 0 Å². The molecule has 0 unspecified atom stereocenters. The van der Waals surface area contributed by atoms with Gasteiger partial charge >= 0.3 is 0 Å². The van der Waals surface area contributed by atoms with Crippen LogP contribution in [0, 0.1) is 11.8 Å². The van der Waals surface area contributed by atoms with Crippen LogP contribution in [0.15, 0.2) is 24.3 Å². The molecule has 96 valence electrons. The highest BCUT2D eigenvalue weighted by Crippen LogP contribution is 2.60. The summed E-state index contributed by atoms with van der Waals surface area (Å²) in [5.74, 6) is 0.229. The highest BCUT2D eigenvalue weighted by molar-refractivity contribution is 5.44. The molecule has 4 atom stereocenters. The van der Waals surface area contributed by atoms with E-state index < -0.39 is 5.79 Å². The monoisotopic (exact) mass is 246 g/mol. The fourth-order valence-electron chi connectivity index (χ4n) is 4.19. The van der Waals surface area contributed by atoms with Gasteiger partial charge in [-0.05, 0) is 5.56 Å². The van der Waals surface area contributed by atoms with Gasteiger partial charge in [0.25, 0.3) is 0 Å². The SMILES string of the molecule is CO[C@@]12OC[C@@](C)(c3ccccc31)[C@H]1COC[C@H]12. The Balaban J connectivity index is 2.01. The number of methoxy groups -OCH3 is 1. The Kier molecular flexibility index (Phi) is 2.04. The van der Waals surface area contributed by atoms with Crippen molar-refractivity contribution in [3.05, 3.63) is 35.4 Å². The third-order valence-corrected chi connectivity index (χ3v) is 5.19. The molecule has 1 aromatic carbocycles. The molecule has 3 aliphatic heterocycles. The Labute approximate surface area is 107 Å². The Morgan fingerprint density at radius 3 is 2.67 bits per heavy atom. The van der Waals surface area contributed by atoms with Crippen molar-refractivity contribution in [1.29, 1.82) is 0 Å². The molecule has 0 amide bonds. The first-order valence-corrected chi connectivity index (χ1v) is 6.59. The van der Waals surface area contributed by atoms with Crippen molar-refractivity contribution in [1.82, 2.24) is 0 Å². The van der Waals surface area contributed by atoms with Crippen molar-refractivity contribution in [2.75, 3.05) is 26.9 Å². The van der Waals surface area contributed by atoms with Crippen LogP contribution in [-0.4, -0.2) is 26.9 Å². The van der Waals surface area contributed by atoms with Gasteiger partial charge in [0.05, 0.1) is 19.8 Å². The number of fused-ring (bicyclic) bond motifs is 1. The van der Waals surface area contributed by atoms with Crippen LogP contribution in [0.5, 0.6) is 0 Å². The van der Waals surface area contributed by atoms with Crippen molar-refractivity contribution >= 4 is 0 Å². The van der Waals surface area contributed by atoms with E-state index in [1.54, 1.807) is 7.11 Å². The fourth-order valence-corrected chi connectivity index (χ4v) is 4.19. The lowest BCUT2D eigenvalue weighted by Crippen LogP contribution is -2.62. The van der Waals surface area contributed by atoms with Crippen LogP contribution in [0.4, 0.5) is 0 Å². The molecule has 3 heterocycles. The number of hydrogen-bond donors (Lipinski definition) is 0. The van der Waals surface area contributed by atoms with Crippen molar-refractivity contribution in [3.8, 4) is 0 Å². The minimum atomic E-state index is -0.588. The van der Waals surface area contributed by atoms with Crippen LogP contribution in [-0.2, 0) is 25.4 Å². The largest absolute Gasteiger partial charge is 0.381 e. The van der Waals surface area contributed by atoms with E-state index in [0.29, 0.717) is 11.8 Å². The standard InChI is InChI=1S/C15H18O3/c1-14-9-18-15(16-2,13-8-17-7-12(13)14)11-6-4-3-5-10(11)14/h3-6,12-13H,7-9H2,1-2H3/t12-,13+,14-,15+/m0/s1. The van der Waals surface area contributed by atoms with Crippen molar-refractivity contribution in [2.45, 2.75) is 18.1 Å². The van der Waals surface area contributed by atoms with Gasteiger partial charge in [0, 0.05) is 29.9 Å². The van der Waals surface area contributed by atoms with Crippen LogP contribution < -0.4 is 0 Å². The normalized spacial score (nSPS) is 44.8. The molecular weight excluding hydrogens is 228 g/mol. The summed E-state index contributed by atoms with van der Waals surface area (Å²) >= 11 is 0. The van der Waals surface area contributed by atoms with E-state index >= 15 is 0 Å². The van der Waals surface area contributed by atoms with Crippen LogP contribution in [0.25, 0.3) is 0 Å². The maximum absolute atomic E-state index is 6.15. The first kappa shape index (κ1) is 11.0. The van der Waals surface area contributed by atoms with Gasteiger partial charge in [0.15, 0.2) is 5.79 Å². The van der Waals surface area contributed by atoms with Crippen molar-refractivity contribution in [2.24, 2.45) is 11.8 Å². The predicted molar refractivity (Wildman–Crippen MR) is 66.2 cm³/mol. The lowest BCUT2D eigenvalue weighted by atomic mass is 9.57. The first-order chi connectivity index (χ1) is 8.72. The van der Waals surface area contributed by atoms with Gasteiger partial charge in [0.1, 0.15) is 0 Å². The Bertz CT molecular complexity index is 500. The molecule has 2 bridgehead atoms. The molecule has 0 spiro atoms. The van der Waals surface area contributed by atoms with E-state index in [9.17, 15) is 0 Å². The van der Waals surface area contributed by atoms with Crippen LogP contribution in [0.2, 0.25) is 0 Å². The minimum absolute atomic E-state index is 0.0675. The Morgan fingerprint density at radius 2 is 1.89 bits per heavy atom. The van der Waals surface area contributed by atoms with Crippen LogP contribution >= 0.6 is 0 Å². The average Bonchev–Trinajstić information content (AvgIpc) is 2.92. The lowest BCUT2D eigenvalue weighted by molar-refractivity contribution is -0.317. The molecule has 18 heavy (non-hydrogen) atoms. The fraction of sp³-hybridized carbons (Fsp3) is 0.600. The van der Waals surface area contributed by atoms with Gasteiger partial charge in [-0.1, -0.05) is 31.2 Å². The quantitative estimate of drug-likeness (QED) is 0.759. The second-order valence-electron chi connectivity index (χ2n) is 5.87. The second-order valence-corrected chi connectivity index (χ2v) is 5.87. The molecule has 3 nitrogen and oxygen atoms in total. The topological polar surface area (TPSA) is 27.7 Å². The zero-order valence-corrected chi connectivity index (χ0v) is 10.8. The van der Waals surface area contributed by atoms with Crippen LogP contribution in [0.3, 0.4) is 0 Å². The molecule has 4 aliphatic rings. The van der Waals surface area contributed by atoms with Gasteiger partial charge in [-0.15, -0.1) is 0 Å². The molecule has 3 heteroatoms. The summed E-state index contributed by atoms with van der Waals surface area (Å²) in [5.41, 5.74) is 2.65. The maximum Gasteiger partial charge on any atom is 0.200 e. The van der Waals surface area contributed by atoms with Gasteiger partial charge < -0.3 is 14.2 Å². The maximum atomic E-state index is 6.15. The van der Waals surface area contributed by atoms with Crippen LogP contribution in [0.1, 0.15) is 18.1 Å². The zero-order chi connectivity index (χ0) is 12.4. The van der Waals surface area contributed by atoms with Crippen molar-refractivity contribution in [3.63, 3.8) is 0 Å². The van der Waals surface area contributed by atoms with Gasteiger partial charge in [-0.3, -0.25) is 0 Å². The molecule has 0 aromatic heterocycles. The van der Waals surface area contributed by atoms with E-state index in [2.05, 4.69) is 31.2 Å². The van der Waals surface area contributed by atoms with E-state index in [0.717, 1.165) is 19.8 Å². The molecule has 2 saturated heterocycles. The van der Waals surface area contributed by atoms with Crippen molar-refractivity contribution < 1.29 is 14.2 Å². The molecular formula is C15H18O3. The molecule has 2 fully saturated rings. The summed E-state index contributed by atoms with van der Waals surface area (Å²) in [6.07, 6.45) is 0. The summed E-state index contributed by atoms with van der Waals surface area (Å²) in [6.45, 7) is 4.59. The third kappa shape index (κ3) is 1.03. The van der Waals surface area contributed by atoms with Gasteiger partial charge in [-0.2, -0.15) is 0 Å². The summed E-state index contributed by atoms with van der Waals surface area (Å²) in [4.78, 5) is 0. The summed E-state index contributed by atoms with van der Waals surface area (Å²) in [6, 6.07) is 8.54. The molecule has 0 N–H and O–H groups in total. The third-order valence-electron chi connectivity index (χ3n) is 5.19. The summed E-state index contributed by atoms with van der Waals surface area (Å²) < 4.78 is 17.7. The summed E-state index contributed by atoms with van der Waals surface area (Å²) in [7, 11) is 1.75. The number of hydrogen-bond acceptors (Lipinski definition) is 3. The zero-order valence-electron chi connectivity index (χ0n) is 10.8. The molecule has 5 rings (SSSR count). The molecule has 1 aliphatic carbocycles. The van der Waals surface area contributed by atoms with Gasteiger partial charge in [0.2, 0.25) is 0 Å². The van der Waals surface area contributed by atoms with E-state index in [1.165, 1.54) is 11.1 Å². The highest BCUT2D eigenvalue weighted by atomic mass is 16.7. The summed E-state index contributed by atoms with van der Waals surface area (Å²) in [5, 5.41) is 0. The minimum Gasteiger partial charge on any atom is -0.381 e. The molecule has 0 radical (unpaired) electrons. The van der Waals surface area contributed by atoms with E-state index in [-0.39, 0.29) is 5.41 Å². The number of ether oxygens (including phenoxy) is 3. The average molecular weight is 246 g/mol. The first-order valence-electron chi connectivity index (χ1n) is 6.59. The second kappa shape index (κ2) is 3.35. The van der Waals surface area contributed by atoms with E-state index in [1.807, 2.05) is 0 Å². The van der Waals surface area contributed by atoms with E-state index in [4.69, 9.17) is 14.2 Å². The number of benzene rings is 1. The smallest absolute Gasteiger partial charge is 0.200 e. The molecule has 1 aromatic rings. The number of rotatable bonds is 1. The Hall–Kier alpha value is -0.900.